The minimum Gasteiger partial charge on any atom is -0.356 e. The summed E-state index contributed by atoms with van der Waals surface area (Å²) in [4.78, 5) is 16.4. The number of aromatic amines is 1. The number of fused-ring (bicyclic) bond motifs is 5. The predicted octanol–water partition coefficient (Wildman–Crippen LogP) is 3.52. The maximum Gasteiger partial charge on any atom is 0.223 e. The van der Waals surface area contributed by atoms with Gasteiger partial charge in [0.2, 0.25) is 5.91 Å². The Morgan fingerprint density at radius 3 is 2.90 bits per heavy atom. The number of hydrogen-bond donors (Lipinski definition) is 1. The second-order valence-electron chi connectivity index (χ2n) is 5.66. The second-order valence-corrected chi connectivity index (χ2v) is 5.66. The number of rotatable bonds is 0. The molecule has 1 aromatic carbocycles. The zero-order valence-corrected chi connectivity index (χ0v) is 11.1. The molecule has 2 aromatic rings. The van der Waals surface area contributed by atoms with Gasteiger partial charge in [0.1, 0.15) is 6.17 Å². The first kappa shape index (κ1) is 12.7. The van der Waals surface area contributed by atoms with Crippen LogP contribution in [-0.2, 0) is 4.79 Å². The third-order valence-electron chi connectivity index (χ3n) is 4.49. The van der Waals surface area contributed by atoms with E-state index in [9.17, 15) is 18.0 Å². The molecule has 1 aromatic heterocycles. The topological polar surface area (TPSA) is 36.1 Å². The summed E-state index contributed by atoms with van der Waals surface area (Å²) in [6, 6.07) is 2.17. The Kier molecular flexibility index (Phi) is 2.58. The molecule has 1 fully saturated rings. The molecule has 1 saturated heterocycles. The van der Waals surface area contributed by atoms with Gasteiger partial charge in [-0.15, -0.1) is 0 Å². The highest BCUT2D eigenvalue weighted by Gasteiger charge is 2.41. The van der Waals surface area contributed by atoms with Crippen molar-refractivity contribution in [2.24, 2.45) is 0 Å². The van der Waals surface area contributed by atoms with Crippen molar-refractivity contribution in [2.45, 2.75) is 31.5 Å². The molecule has 2 aliphatic rings. The first-order chi connectivity index (χ1) is 10.1. The minimum absolute atomic E-state index is 0.0184. The maximum absolute atomic E-state index is 14.5. The van der Waals surface area contributed by atoms with Gasteiger partial charge in [-0.3, -0.25) is 4.79 Å². The lowest BCUT2D eigenvalue weighted by atomic mass is 9.89. The Balaban J connectivity index is 1.98. The molecule has 0 radical (unpaired) electrons. The Labute approximate surface area is 118 Å². The van der Waals surface area contributed by atoms with Crippen LogP contribution in [0.3, 0.4) is 0 Å². The fourth-order valence-electron chi connectivity index (χ4n) is 3.57. The van der Waals surface area contributed by atoms with E-state index in [1.807, 2.05) is 0 Å². The van der Waals surface area contributed by atoms with Crippen molar-refractivity contribution in [1.29, 1.82) is 0 Å². The van der Waals surface area contributed by atoms with Crippen molar-refractivity contribution in [1.82, 2.24) is 9.88 Å². The van der Waals surface area contributed by atoms with Gasteiger partial charge in [-0.25, -0.2) is 13.2 Å². The van der Waals surface area contributed by atoms with Crippen LogP contribution in [0, 0.1) is 11.6 Å². The average Bonchev–Trinajstić information content (AvgIpc) is 2.85. The number of carbonyl (C=O) groups excluding carboxylic acids is 1. The van der Waals surface area contributed by atoms with E-state index in [4.69, 9.17) is 0 Å². The lowest BCUT2D eigenvalue weighted by Gasteiger charge is -2.40. The first-order valence-electron chi connectivity index (χ1n) is 7.01. The molecule has 0 saturated carbocycles. The fourth-order valence-corrected chi connectivity index (χ4v) is 3.57. The molecule has 3 nitrogen and oxygen atoms in total. The number of aromatic nitrogens is 1. The number of amides is 1. The Morgan fingerprint density at radius 2 is 2.10 bits per heavy atom. The SMILES string of the molecule is O=C1CCC[C@@H]2c3[nH]c4ccc(F)c(F)c4c3[C@@H](F)CN12. The van der Waals surface area contributed by atoms with Crippen LogP contribution in [0.5, 0.6) is 0 Å². The van der Waals surface area contributed by atoms with Crippen molar-refractivity contribution in [3.8, 4) is 0 Å². The monoisotopic (exact) mass is 294 g/mol. The van der Waals surface area contributed by atoms with Gasteiger partial charge in [0.15, 0.2) is 11.6 Å². The number of piperidine rings is 1. The highest BCUT2D eigenvalue weighted by atomic mass is 19.2. The third-order valence-corrected chi connectivity index (χ3v) is 4.49. The van der Waals surface area contributed by atoms with Crippen LogP contribution < -0.4 is 0 Å². The van der Waals surface area contributed by atoms with E-state index < -0.39 is 17.8 Å². The number of halogens is 3. The molecular weight excluding hydrogens is 281 g/mol. The van der Waals surface area contributed by atoms with E-state index in [0.29, 0.717) is 24.1 Å². The number of carbonyl (C=O) groups is 1. The van der Waals surface area contributed by atoms with Crippen LogP contribution in [0.4, 0.5) is 13.2 Å². The van der Waals surface area contributed by atoms with Crippen LogP contribution in [0.25, 0.3) is 10.9 Å². The van der Waals surface area contributed by atoms with E-state index in [2.05, 4.69) is 4.98 Å². The molecule has 2 atom stereocenters. The number of hydrogen-bond acceptors (Lipinski definition) is 1. The number of nitrogens with zero attached hydrogens (tertiary/aromatic N) is 1. The van der Waals surface area contributed by atoms with Crippen LogP contribution in [0.2, 0.25) is 0 Å². The summed E-state index contributed by atoms with van der Waals surface area (Å²) in [5, 5.41) is -0.0184. The van der Waals surface area contributed by atoms with Crippen LogP contribution in [-0.4, -0.2) is 22.3 Å². The zero-order chi connectivity index (χ0) is 14.7. The summed E-state index contributed by atoms with van der Waals surface area (Å²) in [6.45, 7) is -0.0839. The lowest BCUT2D eigenvalue weighted by molar-refractivity contribution is -0.138. The van der Waals surface area contributed by atoms with Crippen LogP contribution in [0.15, 0.2) is 12.1 Å². The van der Waals surface area contributed by atoms with Crippen molar-refractivity contribution in [2.75, 3.05) is 6.54 Å². The normalized spacial score (nSPS) is 25.1. The summed E-state index contributed by atoms with van der Waals surface area (Å²) in [7, 11) is 0. The van der Waals surface area contributed by atoms with Crippen molar-refractivity contribution in [3.05, 3.63) is 35.0 Å². The van der Waals surface area contributed by atoms with Gasteiger partial charge in [-0.05, 0) is 25.0 Å². The molecule has 0 unspecified atom stereocenters. The van der Waals surface area contributed by atoms with Crippen molar-refractivity contribution < 1.29 is 18.0 Å². The molecule has 3 heterocycles. The Hall–Kier alpha value is -1.98. The molecule has 4 rings (SSSR count). The van der Waals surface area contributed by atoms with Crippen molar-refractivity contribution in [3.63, 3.8) is 0 Å². The summed E-state index contributed by atoms with van der Waals surface area (Å²) < 4.78 is 42.0. The average molecular weight is 294 g/mol. The molecular formula is C15H13F3N2O. The quantitative estimate of drug-likeness (QED) is 0.793. The Morgan fingerprint density at radius 1 is 1.29 bits per heavy atom. The molecule has 0 bridgehead atoms. The molecule has 0 aliphatic carbocycles. The summed E-state index contributed by atoms with van der Waals surface area (Å²) >= 11 is 0. The molecule has 110 valence electrons. The van der Waals surface area contributed by atoms with Gasteiger partial charge < -0.3 is 9.88 Å². The summed E-state index contributed by atoms with van der Waals surface area (Å²) in [5.74, 6) is -2.09. The molecule has 1 amide bonds. The summed E-state index contributed by atoms with van der Waals surface area (Å²) in [6.07, 6.45) is 0.357. The van der Waals surface area contributed by atoms with Gasteiger partial charge in [-0.2, -0.15) is 0 Å². The molecule has 0 spiro atoms. The van der Waals surface area contributed by atoms with Gasteiger partial charge in [0, 0.05) is 28.6 Å². The van der Waals surface area contributed by atoms with Gasteiger partial charge in [0.05, 0.1) is 12.6 Å². The van der Waals surface area contributed by atoms with Gasteiger partial charge in [-0.1, -0.05) is 0 Å². The highest BCUT2D eigenvalue weighted by Crippen LogP contribution is 2.45. The fraction of sp³-hybridized carbons (Fsp3) is 0.400. The summed E-state index contributed by atoms with van der Waals surface area (Å²) in [5.41, 5.74) is 1.07. The van der Waals surface area contributed by atoms with Crippen LogP contribution >= 0.6 is 0 Å². The molecule has 1 N–H and O–H groups in total. The van der Waals surface area contributed by atoms with Gasteiger partial charge >= 0.3 is 0 Å². The zero-order valence-electron chi connectivity index (χ0n) is 11.1. The predicted molar refractivity (Wildman–Crippen MR) is 70.4 cm³/mol. The standard InChI is InChI=1S/C15H13F3N2O/c16-7-4-5-9-13(14(7)18)12-8(17)6-20-10(15(12)19-9)2-1-3-11(20)21/h4-5,8,10,19H,1-3,6H2/t8-,10+/m0/s1. The highest BCUT2D eigenvalue weighted by molar-refractivity contribution is 5.87. The van der Waals surface area contributed by atoms with E-state index in [1.165, 1.54) is 11.0 Å². The molecule has 2 aliphatic heterocycles. The second kappa shape index (κ2) is 4.26. The largest absolute Gasteiger partial charge is 0.356 e. The molecule has 6 heteroatoms. The van der Waals surface area contributed by atoms with Crippen molar-refractivity contribution >= 4 is 16.8 Å². The van der Waals surface area contributed by atoms with E-state index in [-0.39, 0.29) is 29.4 Å². The van der Waals surface area contributed by atoms with E-state index in [1.54, 1.807) is 0 Å². The lowest BCUT2D eigenvalue weighted by Crippen LogP contribution is -2.43. The third kappa shape index (κ3) is 1.65. The molecule has 21 heavy (non-hydrogen) atoms. The van der Waals surface area contributed by atoms with Crippen LogP contribution in [0.1, 0.15) is 42.7 Å². The maximum atomic E-state index is 14.5. The minimum atomic E-state index is -1.50. The van der Waals surface area contributed by atoms with E-state index in [0.717, 1.165) is 12.5 Å². The number of nitrogens with one attached hydrogen (secondary N) is 1. The number of H-pyrrole nitrogens is 1. The Bertz CT molecular complexity index is 755. The number of alkyl halides is 1. The first-order valence-corrected chi connectivity index (χ1v) is 7.01. The van der Waals surface area contributed by atoms with Gasteiger partial charge in [0.25, 0.3) is 0 Å². The van der Waals surface area contributed by atoms with E-state index >= 15 is 0 Å². The number of benzene rings is 1. The smallest absolute Gasteiger partial charge is 0.223 e.